The summed E-state index contributed by atoms with van der Waals surface area (Å²) in [6.07, 6.45) is -2.36. The Kier molecular flexibility index (Phi) is 7.05. The molecule has 0 unspecified atom stereocenters. The van der Waals surface area contributed by atoms with Gasteiger partial charge in [0.2, 0.25) is 5.91 Å². The molecule has 150 valence electrons. The van der Waals surface area contributed by atoms with Crippen molar-refractivity contribution in [2.75, 3.05) is 6.54 Å². The Morgan fingerprint density at radius 2 is 1.59 bits per heavy atom. The molecule has 0 atom stereocenters. The maximum atomic E-state index is 12.5. The zero-order valence-corrected chi connectivity index (χ0v) is 16.0. The Morgan fingerprint density at radius 3 is 2.07 bits per heavy atom. The number of carbonyl (C=O) groups is 2. The van der Waals surface area contributed by atoms with E-state index in [0.29, 0.717) is 5.56 Å². The number of hydrogen-bond donors (Lipinski definition) is 2. The van der Waals surface area contributed by atoms with Crippen molar-refractivity contribution in [1.29, 1.82) is 0 Å². The molecule has 27 heavy (non-hydrogen) atoms. The number of hydrogen-bond acceptors (Lipinski definition) is 3. The number of amides is 2. The number of benzene rings is 1. The first kappa shape index (κ1) is 22.5. The van der Waals surface area contributed by atoms with Gasteiger partial charge in [-0.2, -0.15) is 13.2 Å². The smallest absolute Gasteiger partial charge is 0.416 e. The van der Waals surface area contributed by atoms with Crippen molar-refractivity contribution in [3.8, 4) is 0 Å². The number of alkyl carbamates (subject to hydrolysis) is 1. The molecule has 1 aromatic carbocycles. The van der Waals surface area contributed by atoms with Gasteiger partial charge in [0.15, 0.2) is 0 Å². The molecule has 0 radical (unpaired) electrons. The van der Waals surface area contributed by atoms with Crippen LogP contribution in [0.4, 0.5) is 18.0 Å². The Labute approximate surface area is 157 Å². The third-order valence-corrected chi connectivity index (χ3v) is 3.20. The predicted molar refractivity (Wildman–Crippen MR) is 96.9 cm³/mol. The molecule has 0 aliphatic rings. The Morgan fingerprint density at radius 1 is 1.04 bits per heavy atom. The molecule has 0 aliphatic carbocycles. The van der Waals surface area contributed by atoms with E-state index >= 15 is 0 Å². The highest BCUT2D eigenvalue weighted by atomic mass is 19.4. The zero-order valence-electron chi connectivity index (χ0n) is 16.0. The molecule has 0 heterocycles. The van der Waals surface area contributed by atoms with Crippen LogP contribution in [0.15, 0.2) is 30.3 Å². The maximum absolute atomic E-state index is 12.5. The second-order valence-corrected chi connectivity index (χ2v) is 7.68. The first-order valence-electron chi connectivity index (χ1n) is 8.32. The highest BCUT2D eigenvalue weighted by molar-refractivity contribution is 5.92. The van der Waals surface area contributed by atoms with E-state index in [1.54, 1.807) is 34.6 Å². The molecule has 2 amide bonds. The number of carbonyl (C=O) groups excluding carboxylic acids is 2. The summed E-state index contributed by atoms with van der Waals surface area (Å²) in [5, 5.41) is 5.28. The number of nitrogens with one attached hydrogen (secondary N) is 2. The van der Waals surface area contributed by atoms with Crippen molar-refractivity contribution in [1.82, 2.24) is 10.6 Å². The number of rotatable bonds is 5. The normalized spacial score (nSPS) is 12.7. The lowest BCUT2D eigenvalue weighted by Crippen LogP contribution is -2.51. The highest BCUT2D eigenvalue weighted by Crippen LogP contribution is 2.29. The molecule has 8 heteroatoms. The van der Waals surface area contributed by atoms with Gasteiger partial charge >= 0.3 is 12.3 Å². The van der Waals surface area contributed by atoms with E-state index in [1.807, 2.05) is 0 Å². The fourth-order valence-electron chi connectivity index (χ4n) is 1.98. The van der Waals surface area contributed by atoms with Gasteiger partial charge in [0.25, 0.3) is 0 Å². The largest absolute Gasteiger partial charge is 0.444 e. The Bertz CT molecular complexity index is 688. The molecule has 1 rings (SSSR count). The summed E-state index contributed by atoms with van der Waals surface area (Å²) >= 11 is 0. The second kappa shape index (κ2) is 8.45. The lowest BCUT2D eigenvalue weighted by molar-refractivity contribution is -0.137. The van der Waals surface area contributed by atoms with Crippen LogP contribution in [0.3, 0.4) is 0 Å². The third kappa shape index (κ3) is 9.12. The summed E-state index contributed by atoms with van der Waals surface area (Å²) in [5.74, 6) is -0.439. The summed E-state index contributed by atoms with van der Waals surface area (Å²) < 4.78 is 42.7. The van der Waals surface area contributed by atoms with Gasteiger partial charge in [-0.15, -0.1) is 0 Å². The minimum Gasteiger partial charge on any atom is -0.444 e. The van der Waals surface area contributed by atoms with Gasteiger partial charge in [0, 0.05) is 12.6 Å². The van der Waals surface area contributed by atoms with Crippen LogP contribution in [-0.2, 0) is 15.7 Å². The Hall–Kier alpha value is -2.51. The van der Waals surface area contributed by atoms with Gasteiger partial charge in [-0.3, -0.25) is 4.79 Å². The molecule has 0 fully saturated rings. The average Bonchev–Trinajstić information content (AvgIpc) is 2.49. The van der Waals surface area contributed by atoms with Crippen LogP contribution in [-0.4, -0.2) is 29.7 Å². The van der Waals surface area contributed by atoms with E-state index in [-0.39, 0.29) is 6.54 Å². The van der Waals surface area contributed by atoms with Crippen molar-refractivity contribution in [3.05, 3.63) is 41.5 Å². The van der Waals surface area contributed by atoms with Crippen LogP contribution in [0.1, 0.15) is 45.7 Å². The number of halogens is 3. The van der Waals surface area contributed by atoms with Gasteiger partial charge < -0.3 is 15.4 Å². The van der Waals surface area contributed by atoms with Crippen molar-refractivity contribution < 1.29 is 27.5 Å². The van der Waals surface area contributed by atoms with Crippen molar-refractivity contribution in [2.24, 2.45) is 0 Å². The number of ether oxygens (including phenoxy) is 1. The van der Waals surface area contributed by atoms with Gasteiger partial charge in [0.1, 0.15) is 5.60 Å². The second-order valence-electron chi connectivity index (χ2n) is 7.68. The quantitative estimate of drug-likeness (QED) is 0.748. The van der Waals surface area contributed by atoms with Gasteiger partial charge in [-0.1, -0.05) is 12.1 Å². The lowest BCUT2D eigenvalue weighted by atomic mass is 10.1. The fourth-order valence-corrected chi connectivity index (χ4v) is 1.98. The lowest BCUT2D eigenvalue weighted by Gasteiger charge is -2.27. The van der Waals surface area contributed by atoms with Crippen LogP contribution in [0, 0.1) is 0 Å². The van der Waals surface area contributed by atoms with Gasteiger partial charge in [-0.05, 0) is 58.4 Å². The molecule has 0 saturated heterocycles. The van der Waals surface area contributed by atoms with E-state index in [9.17, 15) is 22.8 Å². The summed E-state index contributed by atoms with van der Waals surface area (Å²) in [7, 11) is 0. The predicted octanol–water partition coefficient (Wildman–Crippen LogP) is 4.14. The standard InChI is InChI=1S/C19H25F3N2O3/c1-17(2,3)27-16(26)23-12-18(4,5)24-15(25)11-8-13-6-9-14(10-7-13)19(20,21)22/h6-11H,12H2,1-5H3,(H,23,26)(H,24,25). The monoisotopic (exact) mass is 386 g/mol. The summed E-state index contributed by atoms with van der Waals surface area (Å²) in [4.78, 5) is 23.7. The summed E-state index contributed by atoms with van der Waals surface area (Å²) in [6, 6.07) is 4.46. The molecule has 1 aromatic rings. The van der Waals surface area contributed by atoms with Crippen LogP contribution in [0.25, 0.3) is 6.08 Å². The molecule has 0 aliphatic heterocycles. The van der Waals surface area contributed by atoms with Crippen LogP contribution >= 0.6 is 0 Å². The maximum Gasteiger partial charge on any atom is 0.416 e. The molecular formula is C19H25F3N2O3. The van der Waals surface area contributed by atoms with Crippen molar-refractivity contribution in [2.45, 2.75) is 51.9 Å². The van der Waals surface area contributed by atoms with Crippen molar-refractivity contribution >= 4 is 18.1 Å². The molecule has 0 bridgehead atoms. The van der Waals surface area contributed by atoms with E-state index < -0.39 is 34.9 Å². The first-order chi connectivity index (χ1) is 12.2. The van der Waals surface area contributed by atoms with Crippen LogP contribution in [0.5, 0.6) is 0 Å². The van der Waals surface area contributed by atoms with Gasteiger partial charge in [-0.25, -0.2) is 4.79 Å². The molecule has 5 nitrogen and oxygen atoms in total. The SMILES string of the molecule is CC(C)(CNC(=O)OC(C)(C)C)NC(=O)C=Cc1ccc(C(F)(F)F)cc1. The number of alkyl halides is 3. The van der Waals surface area contributed by atoms with Crippen LogP contribution < -0.4 is 10.6 Å². The summed E-state index contributed by atoms with van der Waals surface area (Å²) in [6.45, 7) is 8.80. The minimum atomic E-state index is -4.40. The van der Waals surface area contributed by atoms with Crippen LogP contribution in [0.2, 0.25) is 0 Å². The first-order valence-corrected chi connectivity index (χ1v) is 8.32. The third-order valence-electron chi connectivity index (χ3n) is 3.20. The van der Waals surface area contributed by atoms with Gasteiger partial charge in [0.05, 0.1) is 11.1 Å². The zero-order chi connectivity index (χ0) is 20.9. The fraction of sp³-hybridized carbons (Fsp3) is 0.474. The van der Waals surface area contributed by atoms with E-state index in [4.69, 9.17) is 4.74 Å². The Balaban J connectivity index is 2.57. The van der Waals surface area contributed by atoms with E-state index in [1.165, 1.54) is 24.3 Å². The minimum absolute atomic E-state index is 0.141. The molecule has 0 aromatic heterocycles. The molecule has 0 saturated carbocycles. The van der Waals surface area contributed by atoms with E-state index in [0.717, 1.165) is 12.1 Å². The molecule has 0 spiro atoms. The summed E-state index contributed by atoms with van der Waals surface area (Å²) in [5.41, 5.74) is -1.67. The van der Waals surface area contributed by atoms with Crippen molar-refractivity contribution in [3.63, 3.8) is 0 Å². The molecular weight excluding hydrogens is 361 g/mol. The highest BCUT2D eigenvalue weighted by Gasteiger charge is 2.29. The average molecular weight is 386 g/mol. The topological polar surface area (TPSA) is 67.4 Å². The van der Waals surface area contributed by atoms with E-state index in [2.05, 4.69) is 10.6 Å². The molecule has 2 N–H and O–H groups in total.